The first kappa shape index (κ1) is 18.3. The van der Waals surface area contributed by atoms with Crippen molar-refractivity contribution in [1.82, 2.24) is 0 Å². The van der Waals surface area contributed by atoms with E-state index in [4.69, 9.17) is 14.2 Å². The second kappa shape index (κ2) is 8.73. The second-order valence-corrected chi connectivity index (χ2v) is 5.99. The van der Waals surface area contributed by atoms with E-state index in [0.717, 1.165) is 12.8 Å². The molecule has 0 amide bonds. The van der Waals surface area contributed by atoms with Crippen LogP contribution in [0.15, 0.2) is 18.2 Å². The predicted molar refractivity (Wildman–Crippen MR) is 85.6 cm³/mol. The van der Waals surface area contributed by atoms with Crippen LogP contribution in [-0.2, 0) is 27.2 Å². The van der Waals surface area contributed by atoms with Gasteiger partial charge in [0.25, 0.3) is 0 Å². The van der Waals surface area contributed by atoms with Gasteiger partial charge in [0.2, 0.25) is 0 Å². The van der Waals surface area contributed by atoms with Gasteiger partial charge >= 0.3 is 0 Å². The Kier molecular flexibility index (Phi) is 6.96. The molecule has 1 unspecified atom stereocenters. The topological polar surface area (TPSA) is 47.9 Å². The fourth-order valence-electron chi connectivity index (χ4n) is 2.77. The van der Waals surface area contributed by atoms with Gasteiger partial charge in [-0.2, -0.15) is 0 Å². The number of ether oxygens (including phenoxy) is 3. The molecule has 1 heterocycles. The SMILES string of the molecule is CCC[C@H]1OC[C@@H](OCc2cccc(CC)c2F)[C@@H](C(C)O)O1. The molecule has 4 nitrogen and oxygen atoms in total. The van der Waals surface area contributed by atoms with Gasteiger partial charge in [-0.05, 0) is 25.3 Å². The standard InChI is InChI=1S/C18H27FO4/c1-4-7-16-22-11-15(18(23-16)12(3)20)21-10-14-9-6-8-13(5-2)17(14)19/h6,8-9,12,15-16,18,20H,4-5,7,10-11H2,1-3H3/t12?,15-,16+,18-/m1/s1. The minimum Gasteiger partial charge on any atom is -0.391 e. The highest BCUT2D eigenvalue weighted by molar-refractivity contribution is 5.25. The normalized spacial score (nSPS) is 26.2. The monoisotopic (exact) mass is 326 g/mol. The highest BCUT2D eigenvalue weighted by Gasteiger charge is 2.35. The summed E-state index contributed by atoms with van der Waals surface area (Å²) in [5, 5.41) is 9.93. The summed E-state index contributed by atoms with van der Waals surface area (Å²) in [5.41, 5.74) is 1.20. The zero-order valence-electron chi connectivity index (χ0n) is 14.1. The Morgan fingerprint density at radius 2 is 2.09 bits per heavy atom. The molecular formula is C18H27FO4. The highest BCUT2D eigenvalue weighted by atomic mass is 19.1. The number of aliphatic hydroxyl groups excluding tert-OH is 1. The lowest BCUT2D eigenvalue weighted by Gasteiger charge is -2.37. The van der Waals surface area contributed by atoms with Crippen molar-refractivity contribution < 1.29 is 23.7 Å². The van der Waals surface area contributed by atoms with E-state index in [2.05, 4.69) is 6.92 Å². The largest absolute Gasteiger partial charge is 0.391 e. The van der Waals surface area contributed by atoms with E-state index in [1.165, 1.54) is 0 Å². The molecule has 0 spiro atoms. The van der Waals surface area contributed by atoms with Crippen molar-refractivity contribution in [2.45, 2.75) is 71.2 Å². The molecule has 4 atom stereocenters. The van der Waals surface area contributed by atoms with Crippen molar-refractivity contribution in [2.24, 2.45) is 0 Å². The van der Waals surface area contributed by atoms with E-state index >= 15 is 0 Å². The van der Waals surface area contributed by atoms with Crippen molar-refractivity contribution >= 4 is 0 Å². The van der Waals surface area contributed by atoms with Crippen LogP contribution >= 0.6 is 0 Å². The van der Waals surface area contributed by atoms with Crippen LogP contribution in [0.25, 0.3) is 0 Å². The van der Waals surface area contributed by atoms with E-state index in [-0.39, 0.29) is 18.7 Å². The zero-order valence-corrected chi connectivity index (χ0v) is 14.1. The molecule has 1 aliphatic rings. The van der Waals surface area contributed by atoms with Gasteiger partial charge in [-0.3, -0.25) is 0 Å². The lowest BCUT2D eigenvalue weighted by Crippen LogP contribution is -2.50. The third kappa shape index (κ3) is 4.73. The number of aryl methyl sites for hydroxylation is 1. The van der Waals surface area contributed by atoms with Gasteiger partial charge in [0.1, 0.15) is 18.0 Å². The Balaban J connectivity index is 1.99. The van der Waals surface area contributed by atoms with Crippen LogP contribution in [0, 0.1) is 5.82 Å². The summed E-state index contributed by atoms with van der Waals surface area (Å²) in [5.74, 6) is -0.217. The third-order valence-corrected chi connectivity index (χ3v) is 4.11. The number of hydrogen-bond acceptors (Lipinski definition) is 4. The fraction of sp³-hybridized carbons (Fsp3) is 0.667. The van der Waals surface area contributed by atoms with Gasteiger partial charge in [-0.1, -0.05) is 38.5 Å². The van der Waals surface area contributed by atoms with Gasteiger partial charge in [-0.25, -0.2) is 4.39 Å². The molecule has 1 aromatic carbocycles. The Hall–Kier alpha value is -1.01. The average Bonchev–Trinajstić information content (AvgIpc) is 2.54. The first-order valence-electron chi connectivity index (χ1n) is 8.39. The molecule has 1 saturated heterocycles. The van der Waals surface area contributed by atoms with Crippen LogP contribution in [0.4, 0.5) is 4.39 Å². The number of rotatable bonds is 7. The van der Waals surface area contributed by atoms with E-state index < -0.39 is 18.3 Å². The summed E-state index contributed by atoms with van der Waals surface area (Å²) in [7, 11) is 0. The molecule has 1 fully saturated rings. The maximum atomic E-state index is 14.3. The average molecular weight is 326 g/mol. The van der Waals surface area contributed by atoms with Crippen LogP contribution in [0.2, 0.25) is 0 Å². The fourth-order valence-corrected chi connectivity index (χ4v) is 2.77. The molecule has 23 heavy (non-hydrogen) atoms. The lowest BCUT2D eigenvalue weighted by molar-refractivity contribution is -0.281. The van der Waals surface area contributed by atoms with E-state index in [9.17, 15) is 9.50 Å². The summed E-state index contributed by atoms with van der Waals surface area (Å²) >= 11 is 0. The van der Waals surface area contributed by atoms with Crippen molar-refractivity contribution in [2.75, 3.05) is 6.61 Å². The van der Waals surface area contributed by atoms with Crippen LogP contribution in [0.3, 0.4) is 0 Å². The summed E-state index contributed by atoms with van der Waals surface area (Å²) in [6.45, 7) is 6.13. The molecule has 1 N–H and O–H groups in total. The third-order valence-electron chi connectivity index (χ3n) is 4.11. The molecule has 1 aliphatic heterocycles. The van der Waals surface area contributed by atoms with E-state index in [0.29, 0.717) is 24.2 Å². The molecule has 0 aliphatic carbocycles. The molecule has 0 saturated carbocycles. The summed E-state index contributed by atoms with van der Waals surface area (Å²) in [6, 6.07) is 5.33. The number of halogens is 1. The van der Waals surface area contributed by atoms with E-state index in [1.807, 2.05) is 13.0 Å². The Morgan fingerprint density at radius 1 is 1.35 bits per heavy atom. The van der Waals surface area contributed by atoms with Gasteiger partial charge in [-0.15, -0.1) is 0 Å². The Labute approximate surface area is 137 Å². The van der Waals surface area contributed by atoms with Crippen LogP contribution in [0.5, 0.6) is 0 Å². The first-order chi connectivity index (χ1) is 11.1. The molecule has 0 bridgehead atoms. The minimum atomic E-state index is -0.671. The van der Waals surface area contributed by atoms with Crippen molar-refractivity contribution in [1.29, 1.82) is 0 Å². The summed E-state index contributed by atoms with van der Waals surface area (Å²) in [4.78, 5) is 0. The maximum absolute atomic E-state index is 14.3. The number of hydrogen-bond donors (Lipinski definition) is 1. The van der Waals surface area contributed by atoms with Gasteiger partial charge in [0.05, 0.1) is 19.3 Å². The zero-order chi connectivity index (χ0) is 16.8. The second-order valence-electron chi connectivity index (χ2n) is 5.99. The number of aliphatic hydroxyl groups is 1. The Bertz CT molecular complexity index is 492. The first-order valence-corrected chi connectivity index (χ1v) is 8.39. The predicted octanol–water partition coefficient (Wildman–Crippen LogP) is 3.20. The van der Waals surface area contributed by atoms with Crippen LogP contribution < -0.4 is 0 Å². The number of benzene rings is 1. The molecule has 2 rings (SSSR count). The lowest BCUT2D eigenvalue weighted by atomic mass is 10.1. The van der Waals surface area contributed by atoms with Crippen molar-refractivity contribution in [3.63, 3.8) is 0 Å². The minimum absolute atomic E-state index is 0.138. The summed E-state index contributed by atoms with van der Waals surface area (Å²) < 4.78 is 31.4. The Morgan fingerprint density at radius 3 is 2.74 bits per heavy atom. The highest BCUT2D eigenvalue weighted by Crippen LogP contribution is 2.23. The smallest absolute Gasteiger partial charge is 0.158 e. The quantitative estimate of drug-likeness (QED) is 0.836. The van der Waals surface area contributed by atoms with Gasteiger partial charge in [0, 0.05) is 5.56 Å². The molecule has 1 aromatic rings. The van der Waals surface area contributed by atoms with Crippen LogP contribution in [0.1, 0.15) is 44.7 Å². The molecule has 5 heteroatoms. The summed E-state index contributed by atoms with van der Waals surface area (Å²) in [6.07, 6.45) is 0.519. The molecule has 0 radical (unpaired) electrons. The molecule has 130 valence electrons. The van der Waals surface area contributed by atoms with Crippen molar-refractivity contribution in [3.8, 4) is 0 Å². The van der Waals surface area contributed by atoms with E-state index in [1.54, 1.807) is 19.1 Å². The molecular weight excluding hydrogens is 299 g/mol. The van der Waals surface area contributed by atoms with Crippen LogP contribution in [-0.4, -0.2) is 36.3 Å². The molecule has 0 aromatic heterocycles. The van der Waals surface area contributed by atoms with Gasteiger partial charge in [0.15, 0.2) is 6.29 Å². The van der Waals surface area contributed by atoms with Crippen molar-refractivity contribution in [3.05, 3.63) is 35.1 Å². The maximum Gasteiger partial charge on any atom is 0.158 e. The van der Waals surface area contributed by atoms with Gasteiger partial charge < -0.3 is 19.3 Å².